The molecule has 0 atom stereocenters. The number of hydrogen-bond donors (Lipinski definition) is 1. The van der Waals surface area contributed by atoms with Crippen LogP contribution in [0.5, 0.6) is 11.5 Å². The van der Waals surface area contributed by atoms with Crippen LogP contribution in [0.4, 0.5) is 11.4 Å². The van der Waals surface area contributed by atoms with Gasteiger partial charge < -0.3 is 19.5 Å². The monoisotopic (exact) mass is 296 g/mol. The largest absolute Gasteiger partial charge is 0.486 e. The zero-order chi connectivity index (χ0) is 15.2. The van der Waals surface area contributed by atoms with Crippen LogP contribution < -0.4 is 14.8 Å². The van der Waals surface area contributed by atoms with Crippen molar-refractivity contribution in [1.29, 1.82) is 0 Å². The van der Waals surface area contributed by atoms with Gasteiger partial charge in [0.2, 0.25) is 0 Å². The van der Waals surface area contributed by atoms with Gasteiger partial charge in [0.15, 0.2) is 11.5 Å². The molecule has 1 heterocycles. The fourth-order valence-electron chi connectivity index (χ4n) is 1.90. The highest BCUT2D eigenvalue weighted by Gasteiger charge is 2.22. The van der Waals surface area contributed by atoms with Crippen LogP contribution in [0.25, 0.3) is 0 Å². The molecule has 0 unspecified atom stereocenters. The van der Waals surface area contributed by atoms with E-state index in [4.69, 9.17) is 14.2 Å². The third-order valence-corrected chi connectivity index (χ3v) is 2.81. The van der Waals surface area contributed by atoms with Gasteiger partial charge in [0, 0.05) is 12.6 Å². The van der Waals surface area contributed by atoms with Gasteiger partial charge in [-0.3, -0.25) is 14.9 Å². The van der Waals surface area contributed by atoms with Crippen LogP contribution in [0, 0.1) is 10.1 Å². The molecule has 1 aliphatic heterocycles. The Balaban J connectivity index is 2.10. The molecule has 1 aromatic carbocycles. The second kappa shape index (κ2) is 6.78. The fourth-order valence-corrected chi connectivity index (χ4v) is 1.90. The summed E-state index contributed by atoms with van der Waals surface area (Å²) in [5.41, 5.74) is 0.164. The van der Waals surface area contributed by atoms with Crippen molar-refractivity contribution >= 4 is 17.3 Å². The maximum atomic E-state index is 11.2. The molecule has 21 heavy (non-hydrogen) atoms. The lowest BCUT2D eigenvalue weighted by atomic mass is 10.2. The third kappa shape index (κ3) is 3.74. The molecule has 1 aromatic rings. The molecule has 0 spiro atoms. The van der Waals surface area contributed by atoms with Crippen molar-refractivity contribution in [3.8, 4) is 11.5 Å². The quantitative estimate of drug-likeness (QED) is 0.484. The highest BCUT2D eigenvalue weighted by Crippen LogP contribution is 2.39. The maximum absolute atomic E-state index is 11.2. The molecule has 0 aliphatic carbocycles. The summed E-state index contributed by atoms with van der Waals surface area (Å²) in [6.45, 7) is 3.02. The van der Waals surface area contributed by atoms with Gasteiger partial charge >= 0.3 is 5.97 Å². The van der Waals surface area contributed by atoms with E-state index in [2.05, 4.69) is 5.32 Å². The SMILES string of the molecule is CCOC(=O)CCNc1cc2c(cc1[N+](=O)[O-])OCCO2. The molecule has 0 radical (unpaired) electrons. The van der Waals surface area contributed by atoms with Crippen molar-refractivity contribution in [2.75, 3.05) is 31.7 Å². The summed E-state index contributed by atoms with van der Waals surface area (Å²) >= 11 is 0. The minimum Gasteiger partial charge on any atom is -0.486 e. The van der Waals surface area contributed by atoms with Gasteiger partial charge in [-0.25, -0.2) is 0 Å². The molecular formula is C13H16N2O6. The van der Waals surface area contributed by atoms with E-state index in [1.54, 1.807) is 6.92 Å². The number of hydrogen-bond acceptors (Lipinski definition) is 7. The number of benzene rings is 1. The zero-order valence-corrected chi connectivity index (χ0v) is 11.6. The molecule has 0 amide bonds. The highest BCUT2D eigenvalue weighted by atomic mass is 16.6. The van der Waals surface area contributed by atoms with Gasteiger partial charge in [0.1, 0.15) is 18.9 Å². The predicted octanol–water partition coefficient (Wildman–Crippen LogP) is 1.73. The summed E-state index contributed by atoms with van der Waals surface area (Å²) in [5, 5.41) is 13.9. The average molecular weight is 296 g/mol. The minimum atomic E-state index is -0.509. The van der Waals surface area contributed by atoms with Gasteiger partial charge in [-0.2, -0.15) is 0 Å². The molecule has 8 heteroatoms. The van der Waals surface area contributed by atoms with Crippen LogP contribution in [-0.4, -0.2) is 37.3 Å². The van der Waals surface area contributed by atoms with E-state index in [-0.39, 0.29) is 30.3 Å². The summed E-state index contributed by atoms with van der Waals surface area (Å²) < 4.78 is 15.5. The normalized spacial score (nSPS) is 12.6. The van der Waals surface area contributed by atoms with E-state index in [1.165, 1.54) is 12.1 Å². The number of rotatable bonds is 6. The number of nitrogens with zero attached hydrogens (tertiary/aromatic N) is 1. The summed E-state index contributed by atoms with van der Waals surface area (Å²) in [6, 6.07) is 2.83. The topological polar surface area (TPSA) is 99.9 Å². The molecule has 114 valence electrons. The predicted molar refractivity (Wildman–Crippen MR) is 73.8 cm³/mol. The summed E-state index contributed by atoms with van der Waals surface area (Å²) in [5.74, 6) is 0.444. The Morgan fingerprint density at radius 1 is 1.38 bits per heavy atom. The molecular weight excluding hydrogens is 280 g/mol. The highest BCUT2D eigenvalue weighted by molar-refractivity contribution is 5.72. The van der Waals surface area contributed by atoms with E-state index < -0.39 is 4.92 Å². The summed E-state index contributed by atoms with van der Waals surface area (Å²) in [4.78, 5) is 21.8. The molecule has 0 saturated carbocycles. The van der Waals surface area contributed by atoms with Crippen LogP contribution in [0.3, 0.4) is 0 Å². The van der Waals surface area contributed by atoms with Gasteiger partial charge in [0.25, 0.3) is 5.69 Å². The van der Waals surface area contributed by atoms with Crippen LogP contribution in [0.15, 0.2) is 12.1 Å². The Bertz CT molecular complexity index is 546. The average Bonchev–Trinajstić information content (AvgIpc) is 2.46. The first-order valence-electron chi connectivity index (χ1n) is 6.59. The number of anilines is 1. The Morgan fingerprint density at radius 3 is 2.67 bits per heavy atom. The standard InChI is InChI=1S/C13H16N2O6/c1-2-19-13(16)3-4-14-9-7-11-12(21-6-5-20-11)8-10(9)15(17)18/h7-8,14H,2-6H2,1H3. The first kappa shape index (κ1) is 14.9. The van der Waals surface area contributed by atoms with E-state index >= 15 is 0 Å². The number of nitro groups is 1. The van der Waals surface area contributed by atoms with Crippen molar-refractivity contribution in [2.24, 2.45) is 0 Å². The van der Waals surface area contributed by atoms with Gasteiger partial charge in [0.05, 0.1) is 24.0 Å². The smallest absolute Gasteiger partial charge is 0.307 e. The second-order valence-corrected chi connectivity index (χ2v) is 4.25. The maximum Gasteiger partial charge on any atom is 0.307 e. The first-order valence-corrected chi connectivity index (χ1v) is 6.59. The van der Waals surface area contributed by atoms with Gasteiger partial charge in [-0.05, 0) is 6.92 Å². The Kier molecular flexibility index (Phi) is 4.81. The van der Waals surface area contributed by atoms with Gasteiger partial charge in [-0.1, -0.05) is 0 Å². The molecule has 0 saturated heterocycles. The zero-order valence-electron chi connectivity index (χ0n) is 11.6. The first-order chi connectivity index (χ1) is 10.1. The number of carbonyl (C=O) groups excluding carboxylic acids is 1. The molecule has 8 nitrogen and oxygen atoms in total. The second-order valence-electron chi connectivity index (χ2n) is 4.25. The molecule has 0 aromatic heterocycles. The van der Waals surface area contributed by atoms with Crippen LogP contribution >= 0.6 is 0 Å². The number of nitrogens with one attached hydrogen (secondary N) is 1. The minimum absolute atomic E-state index is 0.122. The van der Waals surface area contributed by atoms with E-state index in [0.29, 0.717) is 31.3 Å². The molecule has 0 bridgehead atoms. The Morgan fingerprint density at radius 2 is 2.05 bits per heavy atom. The fraction of sp³-hybridized carbons (Fsp3) is 0.462. The molecule has 2 rings (SSSR count). The van der Waals surface area contributed by atoms with E-state index in [0.717, 1.165) is 0 Å². The van der Waals surface area contributed by atoms with Crippen LogP contribution in [0.1, 0.15) is 13.3 Å². The number of esters is 1. The van der Waals surface area contributed by atoms with E-state index in [1.807, 2.05) is 0 Å². The van der Waals surface area contributed by atoms with Crippen LogP contribution in [-0.2, 0) is 9.53 Å². The summed E-state index contributed by atoms with van der Waals surface area (Å²) in [7, 11) is 0. The van der Waals surface area contributed by atoms with Crippen molar-refractivity contribution < 1.29 is 23.9 Å². The van der Waals surface area contributed by atoms with Crippen molar-refractivity contribution in [2.45, 2.75) is 13.3 Å². The van der Waals surface area contributed by atoms with Crippen molar-refractivity contribution in [3.05, 3.63) is 22.2 Å². The molecule has 1 aliphatic rings. The van der Waals surface area contributed by atoms with Crippen LogP contribution in [0.2, 0.25) is 0 Å². The number of fused-ring (bicyclic) bond motifs is 1. The number of nitro benzene ring substituents is 1. The molecule has 1 N–H and O–H groups in total. The third-order valence-electron chi connectivity index (χ3n) is 2.81. The molecule has 0 fully saturated rings. The lowest BCUT2D eigenvalue weighted by Crippen LogP contribution is -2.16. The van der Waals surface area contributed by atoms with Crippen molar-refractivity contribution in [1.82, 2.24) is 0 Å². The summed E-state index contributed by atoms with van der Waals surface area (Å²) in [6.07, 6.45) is 0.124. The van der Waals surface area contributed by atoms with E-state index in [9.17, 15) is 14.9 Å². The van der Waals surface area contributed by atoms with Crippen molar-refractivity contribution in [3.63, 3.8) is 0 Å². The number of carbonyl (C=O) groups is 1. The van der Waals surface area contributed by atoms with Gasteiger partial charge in [-0.15, -0.1) is 0 Å². The Hall–Kier alpha value is -2.51. The lowest BCUT2D eigenvalue weighted by Gasteiger charge is -2.19. The number of ether oxygens (including phenoxy) is 3. The lowest BCUT2D eigenvalue weighted by molar-refractivity contribution is -0.384. The Labute approximate surface area is 121 Å².